The van der Waals surface area contributed by atoms with Gasteiger partial charge in [-0.3, -0.25) is 4.98 Å². The first kappa shape index (κ1) is 10.8. The molecule has 0 atom stereocenters. The summed E-state index contributed by atoms with van der Waals surface area (Å²) in [6, 6.07) is 10.6. The smallest absolute Gasteiger partial charge is 0.0319 e. The Morgan fingerprint density at radius 3 is 2.88 bits per heavy atom. The summed E-state index contributed by atoms with van der Waals surface area (Å²) in [5, 5.41) is 3.17. The van der Waals surface area contributed by atoms with Gasteiger partial charge in [0.2, 0.25) is 0 Å². The van der Waals surface area contributed by atoms with Crippen LogP contribution in [0.2, 0.25) is 0 Å². The Bertz CT molecular complexity index is 478. The van der Waals surface area contributed by atoms with Gasteiger partial charge in [-0.2, -0.15) is 0 Å². The van der Waals surface area contributed by atoms with Gasteiger partial charge in [0, 0.05) is 18.9 Å². The summed E-state index contributed by atoms with van der Waals surface area (Å²) >= 11 is 0. The third-order valence-corrected chi connectivity index (χ3v) is 2.60. The molecule has 2 nitrogen and oxygen atoms in total. The molecule has 0 amide bonds. The van der Waals surface area contributed by atoms with Crippen molar-refractivity contribution in [2.45, 2.75) is 13.5 Å². The Morgan fingerprint density at radius 1 is 1.25 bits per heavy atom. The molecule has 2 rings (SSSR count). The number of rotatable bonds is 3. The van der Waals surface area contributed by atoms with Crippen molar-refractivity contribution in [2.75, 3.05) is 7.05 Å². The average molecular weight is 212 g/mol. The molecule has 2 aromatic rings. The maximum Gasteiger partial charge on any atom is 0.0319 e. The Morgan fingerprint density at radius 2 is 2.12 bits per heavy atom. The third-order valence-electron chi connectivity index (χ3n) is 2.60. The van der Waals surface area contributed by atoms with Crippen LogP contribution in [0.25, 0.3) is 11.1 Å². The van der Waals surface area contributed by atoms with E-state index < -0.39 is 0 Å². The lowest BCUT2D eigenvalue weighted by atomic mass is 10.0. The van der Waals surface area contributed by atoms with Crippen molar-refractivity contribution in [1.29, 1.82) is 0 Å². The molecule has 0 saturated carbocycles. The van der Waals surface area contributed by atoms with Crippen molar-refractivity contribution in [2.24, 2.45) is 0 Å². The Labute approximate surface area is 96.4 Å². The monoisotopic (exact) mass is 212 g/mol. The van der Waals surface area contributed by atoms with E-state index in [4.69, 9.17) is 0 Å². The van der Waals surface area contributed by atoms with Gasteiger partial charge in [0.25, 0.3) is 0 Å². The second-order valence-corrected chi connectivity index (χ2v) is 3.93. The highest BCUT2D eigenvalue weighted by Gasteiger charge is 2.03. The van der Waals surface area contributed by atoms with E-state index >= 15 is 0 Å². The van der Waals surface area contributed by atoms with Crippen LogP contribution in [0.4, 0.5) is 0 Å². The summed E-state index contributed by atoms with van der Waals surface area (Å²) in [7, 11) is 1.95. The fourth-order valence-electron chi connectivity index (χ4n) is 1.85. The second kappa shape index (κ2) is 4.90. The molecule has 0 fully saturated rings. The SMILES string of the molecule is CNCc1cnccc1-c1cccc(C)c1. The number of nitrogens with one attached hydrogen (secondary N) is 1. The van der Waals surface area contributed by atoms with Gasteiger partial charge in [-0.15, -0.1) is 0 Å². The van der Waals surface area contributed by atoms with Crippen molar-refractivity contribution in [3.05, 3.63) is 53.9 Å². The molecule has 0 bridgehead atoms. The van der Waals surface area contributed by atoms with Crippen molar-refractivity contribution in [3.63, 3.8) is 0 Å². The van der Waals surface area contributed by atoms with Crippen molar-refractivity contribution in [3.8, 4) is 11.1 Å². The molecule has 0 saturated heterocycles. The Balaban J connectivity index is 2.46. The van der Waals surface area contributed by atoms with Crippen LogP contribution in [0.5, 0.6) is 0 Å². The van der Waals surface area contributed by atoms with E-state index in [0.717, 1.165) is 6.54 Å². The molecule has 1 N–H and O–H groups in total. The van der Waals surface area contributed by atoms with Crippen LogP contribution in [0.1, 0.15) is 11.1 Å². The molecular weight excluding hydrogens is 196 g/mol. The average Bonchev–Trinajstić information content (AvgIpc) is 2.30. The number of aryl methyl sites for hydroxylation is 1. The normalized spacial score (nSPS) is 10.4. The number of hydrogen-bond donors (Lipinski definition) is 1. The first-order valence-electron chi connectivity index (χ1n) is 5.46. The lowest BCUT2D eigenvalue weighted by molar-refractivity contribution is 0.815. The highest BCUT2D eigenvalue weighted by Crippen LogP contribution is 2.23. The van der Waals surface area contributed by atoms with E-state index in [0.29, 0.717) is 0 Å². The molecule has 0 aliphatic rings. The number of hydrogen-bond acceptors (Lipinski definition) is 2. The molecule has 2 heteroatoms. The van der Waals surface area contributed by atoms with Gasteiger partial charge in [-0.1, -0.05) is 29.8 Å². The van der Waals surface area contributed by atoms with E-state index in [9.17, 15) is 0 Å². The number of aromatic nitrogens is 1. The van der Waals surface area contributed by atoms with Crippen LogP contribution >= 0.6 is 0 Å². The predicted octanol–water partition coefficient (Wildman–Crippen LogP) is 2.78. The van der Waals surface area contributed by atoms with Crippen molar-refractivity contribution < 1.29 is 0 Å². The van der Waals surface area contributed by atoms with Gasteiger partial charge in [0.05, 0.1) is 0 Å². The molecular formula is C14H16N2. The molecule has 1 aromatic carbocycles. The molecule has 82 valence electrons. The molecule has 16 heavy (non-hydrogen) atoms. The Kier molecular flexibility index (Phi) is 3.32. The summed E-state index contributed by atoms with van der Waals surface area (Å²) in [6.07, 6.45) is 3.77. The number of pyridine rings is 1. The molecule has 0 spiro atoms. The minimum Gasteiger partial charge on any atom is -0.316 e. The minimum atomic E-state index is 0.844. The van der Waals surface area contributed by atoms with Gasteiger partial charge in [0.15, 0.2) is 0 Å². The molecule has 1 heterocycles. The van der Waals surface area contributed by atoms with Crippen LogP contribution < -0.4 is 5.32 Å². The highest BCUT2D eigenvalue weighted by atomic mass is 14.8. The first-order chi connectivity index (χ1) is 7.81. The Hall–Kier alpha value is -1.67. The standard InChI is InChI=1S/C14H16N2/c1-11-4-3-5-12(8-11)14-6-7-16-10-13(14)9-15-2/h3-8,10,15H,9H2,1-2H3. The van der Waals surface area contributed by atoms with Crippen LogP contribution in [0, 0.1) is 6.92 Å². The third kappa shape index (κ3) is 2.28. The largest absolute Gasteiger partial charge is 0.316 e. The molecule has 0 unspecified atom stereocenters. The van der Waals surface area contributed by atoms with Gasteiger partial charge >= 0.3 is 0 Å². The van der Waals surface area contributed by atoms with Gasteiger partial charge < -0.3 is 5.32 Å². The molecule has 0 aliphatic heterocycles. The molecule has 0 radical (unpaired) electrons. The highest BCUT2D eigenvalue weighted by molar-refractivity contribution is 5.67. The van der Waals surface area contributed by atoms with Gasteiger partial charge in [-0.05, 0) is 36.7 Å². The summed E-state index contributed by atoms with van der Waals surface area (Å²) in [5.74, 6) is 0. The minimum absolute atomic E-state index is 0.844. The topological polar surface area (TPSA) is 24.9 Å². The van der Waals surface area contributed by atoms with Gasteiger partial charge in [0.1, 0.15) is 0 Å². The predicted molar refractivity (Wildman–Crippen MR) is 67.2 cm³/mol. The van der Waals surface area contributed by atoms with E-state index in [2.05, 4.69) is 47.6 Å². The van der Waals surface area contributed by atoms with Crippen LogP contribution in [-0.2, 0) is 6.54 Å². The zero-order chi connectivity index (χ0) is 11.4. The fourth-order valence-corrected chi connectivity index (χ4v) is 1.85. The maximum atomic E-state index is 4.17. The summed E-state index contributed by atoms with van der Waals surface area (Å²) in [5.41, 5.74) is 5.03. The molecule has 0 aliphatic carbocycles. The zero-order valence-corrected chi connectivity index (χ0v) is 9.70. The molecule has 1 aromatic heterocycles. The van der Waals surface area contributed by atoms with E-state index in [1.807, 2.05) is 19.4 Å². The maximum absolute atomic E-state index is 4.17. The van der Waals surface area contributed by atoms with E-state index in [1.54, 1.807) is 0 Å². The number of benzene rings is 1. The fraction of sp³-hybridized carbons (Fsp3) is 0.214. The van der Waals surface area contributed by atoms with Crippen molar-refractivity contribution in [1.82, 2.24) is 10.3 Å². The second-order valence-electron chi connectivity index (χ2n) is 3.93. The number of nitrogens with zero attached hydrogens (tertiary/aromatic N) is 1. The van der Waals surface area contributed by atoms with E-state index in [-0.39, 0.29) is 0 Å². The summed E-state index contributed by atoms with van der Waals surface area (Å²) in [4.78, 5) is 4.17. The van der Waals surface area contributed by atoms with Crippen LogP contribution in [0.3, 0.4) is 0 Å². The summed E-state index contributed by atoms with van der Waals surface area (Å²) in [6.45, 7) is 2.96. The van der Waals surface area contributed by atoms with Crippen LogP contribution in [-0.4, -0.2) is 12.0 Å². The lowest BCUT2D eigenvalue weighted by Crippen LogP contribution is -2.06. The van der Waals surface area contributed by atoms with E-state index in [1.165, 1.54) is 22.3 Å². The summed E-state index contributed by atoms with van der Waals surface area (Å²) < 4.78 is 0. The lowest BCUT2D eigenvalue weighted by Gasteiger charge is -2.09. The zero-order valence-electron chi connectivity index (χ0n) is 9.70. The van der Waals surface area contributed by atoms with Crippen LogP contribution in [0.15, 0.2) is 42.7 Å². The van der Waals surface area contributed by atoms with Gasteiger partial charge in [-0.25, -0.2) is 0 Å². The quantitative estimate of drug-likeness (QED) is 0.846. The first-order valence-corrected chi connectivity index (χ1v) is 5.46. The van der Waals surface area contributed by atoms with Crippen molar-refractivity contribution >= 4 is 0 Å².